The number of hydrogen-bond acceptors (Lipinski definition) is 7. The Morgan fingerprint density at radius 1 is 1.23 bits per heavy atom. The van der Waals surface area contributed by atoms with Gasteiger partial charge in [-0.3, -0.25) is 4.79 Å². The van der Waals surface area contributed by atoms with Crippen molar-refractivity contribution in [3.05, 3.63) is 35.9 Å². The number of rotatable bonds is 9. The number of allylic oxidation sites excluding steroid dienone is 1. The van der Waals surface area contributed by atoms with Gasteiger partial charge in [-0.15, -0.1) is 6.58 Å². The summed E-state index contributed by atoms with van der Waals surface area (Å²) in [7, 11) is 0. The summed E-state index contributed by atoms with van der Waals surface area (Å²) < 4.78 is 37.5. The van der Waals surface area contributed by atoms with Crippen molar-refractivity contribution in [2.45, 2.75) is 63.3 Å². The second-order valence-corrected chi connectivity index (χ2v) is 7.23. The number of amides is 1. The molecule has 10 heteroatoms. The molecule has 1 saturated heterocycles. The zero-order chi connectivity index (χ0) is 22.4. The van der Waals surface area contributed by atoms with Gasteiger partial charge in [-0.1, -0.05) is 5.57 Å². The van der Waals surface area contributed by atoms with Crippen LogP contribution in [0, 0.1) is 0 Å². The molecule has 5 N–H and O–H groups in total. The Balaban J connectivity index is 2.11. The normalized spacial score (nSPS) is 26.5. The first kappa shape index (κ1) is 24.2. The maximum absolute atomic E-state index is 13.5. The molecule has 1 amide bonds. The quantitative estimate of drug-likeness (QED) is 0.375. The molecule has 1 heterocycles. The molecule has 0 spiro atoms. The number of alkyl halides is 2. The highest BCUT2D eigenvalue weighted by molar-refractivity contribution is 5.90. The van der Waals surface area contributed by atoms with E-state index in [1.165, 1.54) is 12.1 Å². The number of nitrogens with one attached hydrogen (secondary N) is 1. The van der Waals surface area contributed by atoms with Gasteiger partial charge in [0.05, 0.1) is 12.2 Å². The average molecular weight is 431 g/mol. The van der Waals surface area contributed by atoms with Gasteiger partial charge in [0, 0.05) is 12.1 Å². The fraction of sp³-hybridized carbons (Fsp3) is 0.550. The van der Waals surface area contributed by atoms with Crippen molar-refractivity contribution in [1.29, 1.82) is 0 Å². The third-order valence-electron chi connectivity index (χ3n) is 4.63. The topological polar surface area (TPSA) is 128 Å². The van der Waals surface area contributed by atoms with E-state index in [0.717, 1.165) is 11.6 Å². The molecule has 1 aromatic carbocycles. The van der Waals surface area contributed by atoms with Crippen LogP contribution in [0.2, 0.25) is 0 Å². The van der Waals surface area contributed by atoms with E-state index in [2.05, 4.69) is 11.9 Å². The Hall–Kier alpha value is -2.11. The lowest BCUT2D eigenvalue weighted by atomic mass is 9.99. The molecule has 0 radical (unpaired) electrons. The summed E-state index contributed by atoms with van der Waals surface area (Å²) in [5.74, 6) is -0.673. The molecule has 0 bridgehead atoms. The molecule has 1 fully saturated rings. The first-order chi connectivity index (χ1) is 14.1. The lowest BCUT2D eigenvalue weighted by Gasteiger charge is -2.39. The molecule has 3 unspecified atom stereocenters. The summed E-state index contributed by atoms with van der Waals surface area (Å²) in [6, 6.07) is 3.56. The smallest absolute Gasteiger partial charge is 0.267 e. The van der Waals surface area contributed by atoms with Gasteiger partial charge in [-0.25, -0.2) is 8.78 Å². The molecule has 0 aliphatic carbocycles. The van der Waals surface area contributed by atoms with Crippen LogP contribution in [0.3, 0.4) is 0 Å². The number of aliphatic hydroxyl groups is 4. The van der Waals surface area contributed by atoms with Crippen molar-refractivity contribution in [3.8, 4) is 5.75 Å². The second kappa shape index (κ2) is 10.8. The number of halogens is 2. The number of hydrogen-bond donors (Lipinski definition) is 5. The van der Waals surface area contributed by atoms with Crippen LogP contribution in [-0.4, -0.2) is 63.6 Å². The average Bonchev–Trinajstić information content (AvgIpc) is 2.68. The fourth-order valence-electron chi connectivity index (χ4n) is 2.97. The molecule has 168 valence electrons. The second-order valence-electron chi connectivity index (χ2n) is 7.23. The largest absolute Gasteiger partial charge is 0.461 e. The van der Waals surface area contributed by atoms with Gasteiger partial charge in [0.25, 0.3) is 6.43 Å². The molecule has 30 heavy (non-hydrogen) atoms. The van der Waals surface area contributed by atoms with Gasteiger partial charge < -0.3 is 35.2 Å². The highest BCUT2D eigenvalue weighted by Crippen LogP contribution is 2.34. The lowest BCUT2D eigenvalue weighted by Crippen LogP contribution is -2.60. The SMILES string of the molecule is C=C(C)CCCC(=O)Nc1ccc(O[C@@H]2OC(CO)[C@H](O)C(O)C2O)c(C(F)F)c1. The van der Waals surface area contributed by atoms with Gasteiger partial charge in [0.1, 0.15) is 30.2 Å². The molecule has 1 aliphatic heterocycles. The van der Waals surface area contributed by atoms with E-state index in [1.807, 2.05) is 6.92 Å². The molecular formula is C20H27F2NO7. The van der Waals surface area contributed by atoms with E-state index >= 15 is 0 Å². The minimum atomic E-state index is -2.97. The number of ether oxygens (including phenoxy) is 2. The Labute approximate surface area is 172 Å². The van der Waals surface area contributed by atoms with Crippen LogP contribution in [0.5, 0.6) is 5.75 Å². The molecule has 8 nitrogen and oxygen atoms in total. The van der Waals surface area contributed by atoms with Gasteiger partial charge in [-0.05, 0) is 38.0 Å². The van der Waals surface area contributed by atoms with Gasteiger partial charge in [0.15, 0.2) is 0 Å². The summed E-state index contributed by atoms with van der Waals surface area (Å²) in [4.78, 5) is 12.0. The molecule has 1 aromatic rings. The molecule has 0 saturated carbocycles. The van der Waals surface area contributed by atoms with E-state index in [9.17, 15) is 34.0 Å². The van der Waals surface area contributed by atoms with Crippen molar-refractivity contribution < 1.29 is 43.5 Å². The van der Waals surface area contributed by atoms with Crippen molar-refractivity contribution >= 4 is 11.6 Å². The summed E-state index contributed by atoms with van der Waals surface area (Å²) >= 11 is 0. The number of carbonyl (C=O) groups excluding carboxylic acids is 1. The highest BCUT2D eigenvalue weighted by atomic mass is 19.3. The van der Waals surface area contributed by atoms with Crippen LogP contribution in [0.25, 0.3) is 0 Å². The van der Waals surface area contributed by atoms with Crippen LogP contribution >= 0.6 is 0 Å². The number of anilines is 1. The number of aliphatic hydroxyl groups excluding tert-OH is 4. The van der Waals surface area contributed by atoms with Crippen molar-refractivity contribution in [1.82, 2.24) is 0 Å². The van der Waals surface area contributed by atoms with Crippen molar-refractivity contribution in [2.75, 3.05) is 11.9 Å². The van der Waals surface area contributed by atoms with Crippen molar-refractivity contribution in [3.63, 3.8) is 0 Å². The fourth-order valence-corrected chi connectivity index (χ4v) is 2.97. The summed E-state index contributed by atoms with van der Waals surface area (Å²) in [5, 5.41) is 41.3. The Morgan fingerprint density at radius 3 is 2.53 bits per heavy atom. The van der Waals surface area contributed by atoms with E-state index in [-0.39, 0.29) is 23.8 Å². The number of carbonyl (C=O) groups is 1. The van der Waals surface area contributed by atoms with E-state index in [4.69, 9.17) is 9.47 Å². The van der Waals surface area contributed by atoms with Gasteiger partial charge >= 0.3 is 0 Å². The van der Waals surface area contributed by atoms with Crippen molar-refractivity contribution in [2.24, 2.45) is 0 Å². The Bertz CT molecular complexity index is 744. The van der Waals surface area contributed by atoms with E-state index in [1.54, 1.807) is 0 Å². The summed E-state index contributed by atoms with van der Waals surface area (Å²) in [6.45, 7) is 4.92. The van der Waals surface area contributed by atoms with E-state index in [0.29, 0.717) is 12.8 Å². The maximum Gasteiger partial charge on any atom is 0.267 e. The van der Waals surface area contributed by atoms with E-state index < -0.39 is 49.3 Å². The first-order valence-corrected chi connectivity index (χ1v) is 9.47. The van der Waals surface area contributed by atoms with Gasteiger partial charge in [0.2, 0.25) is 12.2 Å². The molecule has 5 atom stereocenters. The lowest BCUT2D eigenvalue weighted by molar-refractivity contribution is -0.277. The maximum atomic E-state index is 13.5. The summed E-state index contributed by atoms with van der Waals surface area (Å²) in [6.07, 6.45) is -9.36. The van der Waals surface area contributed by atoms with Crippen LogP contribution in [0.4, 0.5) is 14.5 Å². The predicted octanol–water partition coefficient (Wildman–Crippen LogP) is 1.49. The monoisotopic (exact) mass is 431 g/mol. The minimum Gasteiger partial charge on any atom is -0.461 e. The molecular weight excluding hydrogens is 404 g/mol. The summed E-state index contributed by atoms with van der Waals surface area (Å²) in [5.41, 5.74) is 0.524. The van der Waals surface area contributed by atoms with Crippen LogP contribution < -0.4 is 10.1 Å². The number of benzene rings is 1. The molecule has 1 aliphatic rings. The zero-order valence-corrected chi connectivity index (χ0v) is 16.5. The Morgan fingerprint density at radius 2 is 1.93 bits per heavy atom. The predicted molar refractivity (Wildman–Crippen MR) is 103 cm³/mol. The van der Waals surface area contributed by atoms with Crippen LogP contribution in [0.1, 0.15) is 38.2 Å². The molecule has 0 aromatic heterocycles. The first-order valence-electron chi connectivity index (χ1n) is 9.47. The third kappa shape index (κ3) is 6.19. The third-order valence-corrected chi connectivity index (χ3v) is 4.63. The highest BCUT2D eigenvalue weighted by Gasteiger charge is 2.45. The van der Waals surface area contributed by atoms with Gasteiger partial charge in [-0.2, -0.15) is 0 Å². The Kier molecular flexibility index (Phi) is 8.68. The standard InChI is InChI=1S/C20H27F2NO7/c1-10(2)4-3-5-15(25)23-11-6-7-13(12(8-11)19(21)22)29-20-18(28)17(27)16(26)14(9-24)30-20/h6-8,14,16-20,24,26-28H,1,3-5,9H2,2H3,(H,23,25)/t14?,16-,17?,18?,20+/m0/s1. The zero-order valence-electron chi connectivity index (χ0n) is 16.5. The van der Waals surface area contributed by atoms with Crippen LogP contribution in [0.15, 0.2) is 30.4 Å². The van der Waals surface area contributed by atoms with Crippen LogP contribution in [-0.2, 0) is 9.53 Å². The minimum absolute atomic E-state index is 0.145. The molecule has 2 rings (SSSR count).